The number of amides is 2. The number of aliphatic hydroxyl groups excluding tert-OH is 1. The molecule has 4 heteroatoms. The molecule has 3 unspecified atom stereocenters. The van der Waals surface area contributed by atoms with Crippen LogP contribution in [-0.2, 0) is 0 Å². The second-order valence-electron chi connectivity index (χ2n) is 6.66. The molecule has 2 aliphatic rings. The van der Waals surface area contributed by atoms with E-state index in [1.54, 1.807) is 0 Å². The monoisotopic (exact) mass is 302 g/mol. The molecule has 1 aromatic rings. The van der Waals surface area contributed by atoms with Crippen LogP contribution in [0.15, 0.2) is 30.3 Å². The summed E-state index contributed by atoms with van der Waals surface area (Å²) in [4.78, 5) is 12.4. The topological polar surface area (TPSA) is 61.4 Å². The van der Waals surface area contributed by atoms with Crippen molar-refractivity contribution in [2.75, 3.05) is 0 Å². The summed E-state index contributed by atoms with van der Waals surface area (Å²) in [5, 5.41) is 16.1. The van der Waals surface area contributed by atoms with E-state index < -0.39 is 6.10 Å². The third-order valence-electron chi connectivity index (χ3n) is 5.11. The van der Waals surface area contributed by atoms with Gasteiger partial charge in [-0.25, -0.2) is 4.79 Å². The average Bonchev–Trinajstić information content (AvgIpc) is 2.48. The highest BCUT2D eigenvalue weighted by molar-refractivity contribution is 5.75. The molecular formula is C18H26N2O2. The minimum atomic E-state index is -0.404. The van der Waals surface area contributed by atoms with Crippen molar-refractivity contribution >= 4 is 6.03 Å². The Morgan fingerprint density at radius 1 is 1.05 bits per heavy atom. The van der Waals surface area contributed by atoms with Gasteiger partial charge >= 0.3 is 6.03 Å². The van der Waals surface area contributed by atoms with Crippen molar-refractivity contribution < 1.29 is 9.90 Å². The number of carbonyl (C=O) groups excluding carboxylic acids is 1. The molecule has 2 fully saturated rings. The molecule has 22 heavy (non-hydrogen) atoms. The van der Waals surface area contributed by atoms with Gasteiger partial charge in [-0.1, -0.05) is 49.6 Å². The minimum absolute atomic E-state index is 0.0793. The number of benzene rings is 1. The summed E-state index contributed by atoms with van der Waals surface area (Å²) < 4.78 is 0. The summed E-state index contributed by atoms with van der Waals surface area (Å²) in [5.41, 5.74) is 1.17. The number of carbonyl (C=O) groups is 1. The predicted molar refractivity (Wildman–Crippen MR) is 86.5 cm³/mol. The fourth-order valence-corrected chi connectivity index (χ4v) is 3.54. The van der Waals surface area contributed by atoms with Crippen LogP contribution in [0.3, 0.4) is 0 Å². The fraction of sp³-hybridized carbons (Fsp3) is 0.611. The number of rotatable bonds is 4. The molecule has 0 aromatic heterocycles. The van der Waals surface area contributed by atoms with Gasteiger partial charge in [-0.3, -0.25) is 0 Å². The molecule has 0 aliphatic heterocycles. The molecule has 1 aromatic carbocycles. The molecule has 0 heterocycles. The van der Waals surface area contributed by atoms with Crippen LogP contribution < -0.4 is 10.6 Å². The zero-order chi connectivity index (χ0) is 15.4. The quantitative estimate of drug-likeness (QED) is 0.800. The Hall–Kier alpha value is -1.55. The number of hydrogen-bond donors (Lipinski definition) is 3. The Kier molecular flexibility index (Phi) is 4.98. The molecule has 3 N–H and O–H groups in total. The van der Waals surface area contributed by atoms with Crippen LogP contribution in [-0.4, -0.2) is 23.3 Å². The van der Waals surface area contributed by atoms with Crippen molar-refractivity contribution in [2.24, 2.45) is 5.92 Å². The van der Waals surface area contributed by atoms with Crippen molar-refractivity contribution in [1.29, 1.82) is 0 Å². The smallest absolute Gasteiger partial charge is 0.315 e. The normalized spacial score (nSPS) is 26.8. The fourth-order valence-electron chi connectivity index (χ4n) is 3.54. The van der Waals surface area contributed by atoms with Crippen molar-refractivity contribution in [3.63, 3.8) is 0 Å². The van der Waals surface area contributed by atoms with E-state index in [2.05, 4.69) is 22.8 Å². The summed E-state index contributed by atoms with van der Waals surface area (Å²) in [6, 6.07) is 10.0. The molecule has 0 saturated heterocycles. The maximum absolute atomic E-state index is 12.4. The van der Waals surface area contributed by atoms with Crippen LogP contribution in [0.25, 0.3) is 0 Å². The minimum Gasteiger partial charge on any atom is -0.391 e. The van der Waals surface area contributed by atoms with Gasteiger partial charge in [0.1, 0.15) is 0 Å². The number of nitrogens with one attached hydrogen (secondary N) is 2. The van der Waals surface area contributed by atoms with E-state index in [1.807, 2.05) is 18.2 Å². The van der Waals surface area contributed by atoms with E-state index in [0.717, 1.165) is 25.7 Å². The first-order valence-corrected chi connectivity index (χ1v) is 8.54. The van der Waals surface area contributed by atoms with Crippen molar-refractivity contribution in [2.45, 2.75) is 63.1 Å². The first-order valence-electron chi connectivity index (χ1n) is 8.54. The van der Waals surface area contributed by atoms with Gasteiger partial charge in [0.15, 0.2) is 0 Å². The average molecular weight is 302 g/mol. The van der Waals surface area contributed by atoms with Gasteiger partial charge in [0.05, 0.1) is 18.2 Å². The predicted octanol–water partition coefficient (Wildman–Crippen LogP) is 3.13. The number of aliphatic hydroxyl groups is 1. The molecule has 2 amide bonds. The Morgan fingerprint density at radius 3 is 2.41 bits per heavy atom. The van der Waals surface area contributed by atoms with Crippen LogP contribution in [0.2, 0.25) is 0 Å². The van der Waals surface area contributed by atoms with E-state index in [0.29, 0.717) is 5.92 Å². The van der Waals surface area contributed by atoms with Crippen LogP contribution in [0, 0.1) is 5.92 Å². The highest BCUT2D eigenvalue weighted by Gasteiger charge is 2.31. The van der Waals surface area contributed by atoms with Gasteiger partial charge < -0.3 is 15.7 Å². The van der Waals surface area contributed by atoms with Crippen LogP contribution in [0.5, 0.6) is 0 Å². The molecule has 0 radical (unpaired) electrons. The second-order valence-corrected chi connectivity index (χ2v) is 6.66. The van der Waals surface area contributed by atoms with Gasteiger partial charge in [-0.2, -0.15) is 0 Å². The summed E-state index contributed by atoms with van der Waals surface area (Å²) in [6.07, 6.45) is 6.97. The Bertz CT molecular complexity index is 487. The molecule has 3 atom stereocenters. The second kappa shape index (κ2) is 7.14. The van der Waals surface area contributed by atoms with E-state index >= 15 is 0 Å². The van der Waals surface area contributed by atoms with Crippen molar-refractivity contribution in [3.05, 3.63) is 35.9 Å². The first-order chi connectivity index (χ1) is 10.7. The molecule has 2 aliphatic carbocycles. The Labute approximate surface area is 132 Å². The third-order valence-corrected chi connectivity index (χ3v) is 5.11. The maximum Gasteiger partial charge on any atom is 0.315 e. The highest BCUT2D eigenvalue weighted by atomic mass is 16.3. The van der Waals surface area contributed by atoms with Crippen molar-refractivity contribution in [1.82, 2.24) is 10.6 Å². The van der Waals surface area contributed by atoms with E-state index in [1.165, 1.54) is 24.8 Å². The summed E-state index contributed by atoms with van der Waals surface area (Å²) >= 11 is 0. The number of hydrogen-bond acceptors (Lipinski definition) is 2. The van der Waals surface area contributed by atoms with Crippen LogP contribution in [0.4, 0.5) is 4.79 Å². The lowest BCUT2D eigenvalue weighted by Crippen LogP contribution is -2.50. The van der Waals surface area contributed by atoms with Gasteiger partial charge in [0.25, 0.3) is 0 Å². The van der Waals surface area contributed by atoms with Crippen LogP contribution >= 0.6 is 0 Å². The Morgan fingerprint density at radius 2 is 1.77 bits per heavy atom. The zero-order valence-corrected chi connectivity index (χ0v) is 13.0. The van der Waals surface area contributed by atoms with Gasteiger partial charge in [0.2, 0.25) is 0 Å². The summed E-state index contributed by atoms with van der Waals surface area (Å²) in [6.45, 7) is 0. The summed E-state index contributed by atoms with van der Waals surface area (Å²) in [5.74, 6) is 0.532. The molecule has 3 rings (SSSR count). The molecule has 0 bridgehead atoms. The van der Waals surface area contributed by atoms with E-state index in [-0.39, 0.29) is 18.1 Å². The van der Waals surface area contributed by atoms with Gasteiger partial charge in [-0.05, 0) is 37.2 Å². The standard InChI is InChI=1S/C18H26N2O2/c21-16-12-5-4-11-15(16)19-18(22)20-17(14-9-6-10-14)13-7-2-1-3-8-13/h1-3,7-8,14-17,21H,4-6,9-12H2,(H2,19,20,22). The van der Waals surface area contributed by atoms with E-state index in [9.17, 15) is 9.90 Å². The lowest BCUT2D eigenvalue weighted by atomic mass is 9.77. The molecule has 120 valence electrons. The summed E-state index contributed by atoms with van der Waals surface area (Å²) in [7, 11) is 0. The number of urea groups is 1. The largest absolute Gasteiger partial charge is 0.391 e. The van der Waals surface area contributed by atoms with E-state index in [4.69, 9.17) is 0 Å². The van der Waals surface area contributed by atoms with Crippen LogP contribution in [0.1, 0.15) is 56.6 Å². The highest BCUT2D eigenvalue weighted by Crippen LogP contribution is 2.37. The molecule has 4 nitrogen and oxygen atoms in total. The first kappa shape index (κ1) is 15.3. The Balaban J connectivity index is 1.61. The lowest BCUT2D eigenvalue weighted by Gasteiger charge is -2.35. The third kappa shape index (κ3) is 3.61. The zero-order valence-electron chi connectivity index (χ0n) is 13.0. The van der Waals surface area contributed by atoms with Crippen molar-refractivity contribution in [3.8, 4) is 0 Å². The SMILES string of the molecule is O=C(NC1CCCCC1O)NC(c1ccccc1)C1CCC1. The molecule has 0 spiro atoms. The van der Waals surface area contributed by atoms with Gasteiger partial charge in [-0.15, -0.1) is 0 Å². The molecule has 2 saturated carbocycles. The van der Waals surface area contributed by atoms with Gasteiger partial charge in [0, 0.05) is 0 Å². The molecular weight excluding hydrogens is 276 g/mol. The lowest BCUT2D eigenvalue weighted by molar-refractivity contribution is 0.0933. The maximum atomic E-state index is 12.4.